The first-order valence-corrected chi connectivity index (χ1v) is 7.84. The smallest absolute Gasteiger partial charge is 0.161 e. The molecule has 1 aromatic carbocycles. The van der Waals surface area contributed by atoms with Gasteiger partial charge in [0.15, 0.2) is 11.5 Å². The maximum absolute atomic E-state index is 5.72. The number of methoxy groups -OCH3 is 1. The summed E-state index contributed by atoms with van der Waals surface area (Å²) < 4.78 is 16.6. The quantitative estimate of drug-likeness (QED) is 0.634. The van der Waals surface area contributed by atoms with Gasteiger partial charge in [0.25, 0.3) is 0 Å². The van der Waals surface area contributed by atoms with Gasteiger partial charge in [-0.15, -0.1) is 0 Å². The molecule has 1 rings (SSSR count). The van der Waals surface area contributed by atoms with Gasteiger partial charge in [0.05, 0.1) is 13.7 Å². The van der Waals surface area contributed by atoms with E-state index in [2.05, 4.69) is 32.2 Å². The van der Waals surface area contributed by atoms with Gasteiger partial charge in [-0.05, 0) is 44.0 Å². The molecule has 0 spiro atoms. The minimum absolute atomic E-state index is 0.306. The maximum Gasteiger partial charge on any atom is 0.161 e. The van der Waals surface area contributed by atoms with Gasteiger partial charge in [-0.2, -0.15) is 0 Å². The van der Waals surface area contributed by atoms with Gasteiger partial charge in [-0.3, -0.25) is 0 Å². The lowest BCUT2D eigenvalue weighted by Gasteiger charge is -2.17. The number of ether oxygens (including phenoxy) is 3. The minimum atomic E-state index is 0.306. The van der Waals surface area contributed by atoms with E-state index in [4.69, 9.17) is 14.2 Å². The summed E-state index contributed by atoms with van der Waals surface area (Å²) in [6.07, 6.45) is 2.15. The monoisotopic (exact) mass is 295 g/mol. The third-order valence-electron chi connectivity index (χ3n) is 3.22. The Balaban J connectivity index is 2.57. The Morgan fingerprint density at radius 2 is 1.86 bits per heavy atom. The van der Waals surface area contributed by atoms with Gasteiger partial charge in [0, 0.05) is 12.6 Å². The lowest BCUT2D eigenvalue weighted by Crippen LogP contribution is -2.19. The second-order valence-electron chi connectivity index (χ2n) is 5.05. The van der Waals surface area contributed by atoms with Crippen LogP contribution in [0.5, 0.6) is 11.5 Å². The molecular formula is C17H29NO3. The largest absolute Gasteiger partial charge is 0.493 e. The van der Waals surface area contributed by atoms with Crippen LogP contribution in [0.4, 0.5) is 0 Å². The van der Waals surface area contributed by atoms with E-state index in [1.54, 1.807) is 7.11 Å². The molecule has 0 amide bonds. The lowest BCUT2D eigenvalue weighted by atomic mass is 10.1. The minimum Gasteiger partial charge on any atom is -0.493 e. The highest BCUT2D eigenvalue weighted by molar-refractivity contribution is 5.43. The zero-order valence-electron chi connectivity index (χ0n) is 13.8. The standard InChI is InChI=1S/C17H29NO3/c1-5-9-18-14(3)15-7-8-16(17(13-15)19-4)21-12-11-20-10-6-2/h7-8,13-14,18H,5-6,9-12H2,1-4H3. The molecule has 4 nitrogen and oxygen atoms in total. The normalized spacial score (nSPS) is 12.2. The highest BCUT2D eigenvalue weighted by atomic mass is 16.5. The molecular weight excluding hydrogens is 266 g/mol. The molecule has 1 N–H and O–H groups in total. The van der Waals surface area contributed by atoms with Crippen LogP contribution in [0.15, 0.2) is 18.2 Å². The highest BCUT2D eigenvalue weighted by Gasteiger charge is 2.10. The molecule has 0 radical (unpaired) electrons. The van der Waals surface area contributed by atoms with Gasteiger partial charge >= 0.3 is 0 Å². The summed E-state index contributed by atoms with van der Waals surface area (Å²) in [6, 6.07) is 6.40. The van der Waals surface area contributed by atoms with Gasteiger partial charge in [0.2, 0.25) is 0 Å². The Labute approximate surface area is 128 Å². The van der Waals surface area contributed by atoms with Gasteiger partial charge in [-0.1, -0.05) is 19.9 Å². The van der Waals surface area contributed by atoms with Crippen LogP contribution in [0.2, 0.25) is 0 Å². The fourth-order valence-corrected chi connectivity index (χ4v) is 2.01. The number of nitrogens with one attached hydrogen (secondary N) is 1. The molecule has 0 aliphatic rings. The van der Waals surface area contributed by atoms with Crippen molar-refractivity contribution < 1.29 is 14.2 Å². The zero-order chi connectivity index (χ0) is 15.5. The van der Waals surface area contributed by atoms with E-state index in [-0.39, 0.29) is 0 Å². The molecule has 0 heterocycles. The number of hydrogen-bond acceptors (Lipinski definition) is 4. The van der Waals surface area contributed by atoms with Crippen molar-refractivity contribution in [3.8, 4) is 11.5 Å². The Bertz CT molecular complexity index is 396. The first-order valence-electron chi connectivity index (χ1n) is 7.84. The molecule has 0 fully saturated rings. The Morgan fingerprint density at radius 3 is 2.52 bits per heavy atom. The summed E-state index contributed by atoms with van der Waals surface area (Å²) in [5, 5.41) is 3.47. The predicted molar refractivity (Wildman–Crippen MR) is 86.3 cm³/mol. The average Bonchev–Trinajstić information content (AvgIpc) is 2.52. The van der Waals surface area contributed by atoms with Crippen LogP contribution < -0.4 is 14.8 Å². The molecule has 0 aliphatic carbocycles. The van der Waals surface area contributed by atoms with E-state index >= 15 is 0 Å². The molecule has 1 aromatic rings. The van der Waals surface area contributed by atoms with Crippen molar-refractivity contribution in [2.24, 2.45) is 0 Å². The van der Waals surface area contributed by atoms with E-state index in [9.17, 15) is 0 Å². The molecule has 0 bridgehead atoms. The summed E-state index contributed by atoms with van der Waals surface area (Å²) in [4.78, 5) is 0. The van der Waals surface area contributed by atoms with Crippen molar-refractivity contribution in [3.63, 3.8) is 0 Å². The number of hydrogen-bond donors (Lipinski definition) is 1. The van der Waals surface area contributed by atoms with Crippen LogP contribution in [-0.2, 0) is 4.74 Å². The SMILES string of the molecule is CCCNC(C)c1ccc(OCCOCCC)c(OC)c1. The number of benzene rings is 1. The topological polar surface area (TPSA) is 39.7 Å². The summed E-state index contributed by atoms with van der Waals surface area (Å²) in [5.41, 5.74) is 1.20. The molecule has 1 unspecified atom stereocenters. The Kier molecular flexibility index (Phi) is 8.87. The predicted octanol–water partition coefficient (Wildman–Crippen LogP) is 3.56. The molecule has 0 saturated carbocycles. The van der Waals surface area contributed by atoms with Crippen LogP contribution in [0, 0.1) is 0 Å². The molecule has 4 heteroatoms. The van der Waals surface area contributed by atoms with Gasteiger partial charge in [0.1, 0.15) is 6.61 Å². The van der Waals surface area contributed by atoms with Crippen molar-refractivity contribution >= 4 is 0 Å². The molecule has 1 atom stereocenters. The van der Waals surface area contributed by atoms with Crippen LogP contribution in [0.3, 0.4) is 0 Å². The van der Waals surface area contributed by atoms with Crippen molar-refractivity contribution in [1.82, 2.24) is 5.32 Å². The van der Waals surface area contributed by atoms with Crippen LogP contribution >= 0.6 is 0 Å². The third-order valence-corrected chi connectivity index (χ3v) is 3.22. The lowest BCUT2D eigenvalue weighted by molar-refractivity contribution is 0.0995. The van der Waals surface area contributed by atoms with Crippen molar-refractivity contribution in [2.75, 3.05) is 33.5 Å². The molecule has 0 saturated heterocycles. The van der Waals surface area contributed by atoms with Crippen LogP contribution in [0.1, 0.15) is 45.2 Å². The van der Waals surface area contributed by atoms with Crippen molar-refractivity contribution in [1.29, 1.82) is 0 Å². The van der Waals surface area contributed by atoms with E-state index < -0.39 is 0 Å². The molecule has 21 heavy (non-hydrogen) atoms. The average molecular weight is 295 g/mol. The summed E-state index contributed by atoms with van der Waals surface area (Å²) in [6.45, 7) is 9.35. The van der Waals surface area contributed by atoms with E-state index in [1.807, 2.05) is 12.1 Å². The second-order valence-corrected chi connectivity index (χ2v) is 5.05. The Hall–Kier alpha value is -1.26. The summed E-state index contributed by atoms with van der Waals surface area (Å²) >= 11 is 0. The molecule has 120 valence electrons. The Morgan fingerprint density at radius 1 is 1.05 bits per heavy atom. The van der Waals surface area contributed by atoms with Crippen LogP contribution in [0.25, 0.3) is 0 Å². The summed E-state index contributed by atoms with van der Waals surface area (Å²) in [5.74, 6) is 1.54. The maximum atomic E-state index is 5.72. The van der Waals surface area contributed by atoms with E-state index in [1.165, 1.54) is 5.56 Å². The van der Waals surface area contributed by atoms with E-state index in [0.717, 1.165) is 37.5 Å². The fourth-order valence-electron chi connectivity index (χ4n) is 2.01. The van der Waals surface area contributed by atoms with Crippen molar-refractivity contribution in [3.05, 3.63) is 23.8 Å². The third kappa shape index (κ3) is 6.36. The zero-order valence-corrected chi connectivity index (χ0v) is 13.8. The summed E-state index contributed by atoms with van der Waals surface area (Å²) in [7, 11) is 1.67. The number of rotatable bonds is 11. The van der Waals surface area contributed by atoms with Crippen LogP contribution in [-0.4, -0.2) is 33.5 Å². The highest BCUT2D eigenvalue weighted by Crippen LogP contribution is 2.30. The van der Waals surface area contributed by atoms with Gasteiger partial charge in [-0.25, -0.2) is 0 Å². The second kappa shape index (κ2) is 10.5. The first kappa shape index (κ1) is 17.8. The first-order chi connectivity index (χ1) is 10.2. The fraction of sp³-hybridized carbons (Fsp3) is 0.647. The van der Waals surface area contributed by atoms with Crippen molar-refractivity contribution in [2.45, 2.75) is 39.7 Å². The van der Waals surface area contributed by atoms with E-state index in [0.29, 0.717) is 19.3 Å². The van der Waals surface area contributed by atoms with Gasteiger partial charge < -0.3 is 19.5 Å². The molecule has 0 aromatic heterocycles. The molecule has 0 aliphatic heterocycles.